The van der Waals surface area contributed by atoms with Gasteiger partial charge >= 0.3 is 0 Å². The summed E-state index contributed by atoms with van der Waals surface area (Å²) in [4.78, 5) is 25.3. The van der Waals surface area contributed by atoms with Crippen molar-refractivity contribution in [2.45, 2.75) is 18.4 Å². The summed E-state index contributed by atoms with van der Waals surface area (Å²) in [6.07, 6.45) is 0. The lowest BCUT2D eigenvalue weighted by Crippen LogP contribution is -2.28. The Kier molecular flexibility index (Phi) is 5.99. The van der Waals surface area contributed by atoms with Gasteiger partial charge in [-0.05, 0) is 36.3 Å². The minimum atomic E-state index is -4.02. The number of imide groups is 1. The van der Waals surface area contributed by atoms with Gasteiger partial charge in [-0.2, -0.15) is 8.42 Å². The van der Waals surface area contributed by atoms with Crippen LogP contribution in [0.4, 0.5) is 0 Å². The van der Waals surface area contributed by atoms with E-state index >= 15 is 0 Å². The van der Waals surface area contributed by atoms with Crippen LogP contribution in [0.3, 0.4) is 0 Å². The van der Waals surface area contributed by atoms with Crippen molar-refractivity contribution in [3.05, 3.63) is 77.0 Å². The minimum Gasteiger partial charge on any atom is -0.479 e. The van der Waals surface area contributed by atoms with Crippen LogP contribution in [0, 0.1) is 6.92 Å². The van der Waals surface area contributed by atoms with Gasteiger partial charge in [0.1, 0.15) is 0 Å². The van der Waals surface area contributed by atoms with Crippen LogP contribution < -0.4 is 4.74 Å². The highest BCUT2D eigenvalue weighted by atomic mass is 32.2. The fraction of sp³-hybridized carbons (Fsp3) is 0.150. The standard InChI is InChI=1S/C13H10N2O4.C7H8O3S/c1-18-11-6-8(19-14-11)7-15-12(16)9-4-2-3-5-10(9)13(15)17;1-6-2-4-7(5-3-6)11(8,9)10/h2-6H,7H2,1H3;2-5H,1H3,(H,8,9,10). The minimum absolute atomic E-state index is 0.0444. The second-order valence-electron chi connectivity index (χ2n) is 6.37. The van der Waals surface area contributed by atoms with Crippen molar-refractivity contribution in [1.82, 2.24) is 10.1 Å². The molecule has 156 valence electrons. The Balaban J connectivity index is 0.000000199. The third-order valence-electron chi connectivity index (χ3n) is 4.26. The van der Waals surface area contributed by atoms with Gasteiger partial charge in [-0.15, -0.1) is 0 Å². The van der Waals surface area contributed by atoms with Crippen molar-refractivity contribution >= 4 is 21.9 Å². The number of fused-ring (bicyclic) bond motifs is 1. The van der Waals surface area contributed by atoms with Crippen LogP contribution in [0.25, 0.3) is 0 Å². The van der Waals surface area contributed by atoms with E-state index in [4.69, 9.17) is 13.8 Å². The Morgan fingerprint density at radius 2 is 1.60 bits per heavy atom. The van der Waals surface area contributed by atoms with E-state index in [1.807, 2.05) is 6.92 Å². The Morgan fingerprint density at radius 1 is 1.03 bits per heavy atom. The summed E-state index contributed by atoms with van der Waals surface area (Å²) in [7, 11) is -2.56. The Labute approximate surface area is 172 Å². The predicted octanol–water partition coefficient (Wildman–Crippen LogP) is 2.72. The number of benzene rings is 2. The maximum atomic E-state index is 12.1. The zero-order valence-electron chi connectivity index (χ0n) is 16.1. The SMILES string of the molecule is COc1cc(CN2C(=O)c3ccccc3C2=O)on1.Cc1ccc(S(=O)(=O)O)cc1. The van der Waals surface area contributed by atoms with E-state index in [-0.39, 0.29) is 23.3 Å². The van der Waals surface area contributed by atoms with Crippen LogP contribution in [-0.2, 0) is 16.7 Å². The molecule has 2 aromatic carbocycles. The van der Waals surface area contributed by atoms with Crippen LogP contribution in [0.2, 0.25) is 0 Å². The number of nitrogens with zero attached hydrogens (tertiary/aromatic N) is 2. The number of amides is 2. The fourth-order valence-electron chi connectivity index (χ4n) is 2.71. The number of aromatic nitrogens is 1. The quantitative estimate of drug-likeness (QED) is 0.494. The first-order valence-corrected chi connectivity index (χ1v) is 10.1. The molecule has 2 amide bonds. The summed E-state index contributed by atoms with van der Waals surface area (Å²) in [6, 6.07) is 14.3. The molecular weight excluding hydrogens is 412 g/mol. The van der Waals surface area contributed by atoms with E-state index < -0.39 is 10.1 Å². The molecule has 0 bridgehead atoms. The highest BCUT2D eigenvalue weighted by molar-refractivity contribution is 7.85. The van der Waals surface area contributed by atoms with Gasteiger partial charge in [-0.3, -0.25) is 19.0 Å². The zero-order chi connectivity index (χ0) is 21.9. The summed E-state index contributed by atoms with van der Waals surface area (Å²) < 4.78 is 39.4. The van der Waals surface area contributed by atoms with Crippen LogP contribution >= 0.6 is 0 Å². The van der Waals surface area contributed by atoms with E-state index in [2.05, 4.69) is 5.16 Å². The summed E-state index contributed by atoms with van der Waals surface area (Å²) in [5.74, 6) is 0.0601. The van der Waals surface area contributed by atoms with E-state index in [0.29, 0.717) is 22.8 Å². The molecule has 30 heavy (non-hydrogen) atoms. The van der Waals surface area contributed by atoms with Gasteiger partial charge in [0.15, 0.2) is 5.76 Å². The van der Waals surface area contributed by atoms with E-state index in [1.54, 1.807) is 42.5 Å². The van der Waals surface area contributed by atoms with E-state index in [0.717, 1.165) is 10.5 Å². The predicted molar refractivity (Wildman–Crippen MR) is 105 cm³/mol. The van der Waals surface area contributed by atoms with E-state index in [9.17, 15) is 18.0 Å². The molecule has 0 radical (unpaired) electrons. The van der Waals surface area contributed by atoms with Crippen molar-refractivity contribution < 1.29 is 31.8 Å². The summed E-state index contributed by atoms with van der Waals surface area (Å²) in [6.45, 7) is 1.89. The number of hydrogen-bond acceptors (Lipinski definition) is 7. The lowest BCUT2D eigenvalue weighted by molar-refractivity contribution is 0.0628. The van der Waals surface area contributed by atoms with Crippen molar-refractivity contribution in [1.29, 1.82) is 0 Å². The Bertz CT molecular complexity index is 1150. The van der Waals surface area contributed by atoms with Gasteiger partial charge in [0, 0.05) is 6.07 Å². The molecular formula is C20H18N2O7S. The zero-order valence-corrected chi connectivity index (χ0v) is 16.9. The highest BCUT2D eigenvalue weighted by Crippen LogP contribution is 2.24. The van der Waals surface area contributed by atoms with Crippen molar-refractivity contribution in [3.63, 3.8) is 0 Å². The van der Waals surface area contributed by atoms with Crippen LogP contribution in [0.15, 0.2) is 64.0 Å². The number of carbonyl (C=O) groups excluding carboxylic acids is 2. The first kappa shape index (κ1) is 21.2. The largest absolute Gasteiger partial charge is 0.479 e. The molecule has 0 spiro atoms. The molecule has 2 heterocycles. The fourth-order valence-corrected chi connectivity index (χ4v) is 3.19. The van der Waals surface area contributed by atoms with Gasteiger partial charge in [0.05, 0.1) is 29.7 Å². The maximum absolute atomic E-state index is 12.1. The molecule has 0 atom stereocenters. The summed E-state index contributed by atoms with van der Waals surface area (Å²) >= 11 is 0. The molecule has 1 aromatic heterocycles. The van der Waals surface area contributed by atoms with Gasteiger partial charge in [0.25, 0.3) is 27.8 Å². The molecule has 1 aliphatic heterocycles. The van der Waals surface area contributed by atoms with Crippen molar-refractivity contribution in [3.8, 4) is 5.88 Å². The van der Waals surface area contributed by atoms with Crippen LogP contribution in [-0.4, -0.2) is 42.0 Å². The summed E-state index contributed by atoms with van der Waals surface area (Å²) in [5.41, 5.74) is 1.79. The normalized spacial score (nSPS) is 13.0. The summed E-state index contributed by atoms with van der Waals surface area (Å²) in [5, 5.41) is 3.63. The van der Waals surface area contributed by atoms with E-state index in [1.165, 1.54) is 19.2 Å². The number of aryl methyl sites for hydroxylation is 1. The van der Waals surface area contributed by atoms with Gasteiger partial charge in [-0.1, -0.05) is 29.8 Å². The third kappa shape index (κ3) is 4.56. The molecule has 0 aliphatic carbocycles. The number of methoxy groups -OCH3 is 1. The Morgan fingerprint density at radius 3 is 2.07 bits per heavy atom. The highest BCUT2D eigenvalue weighted by Gasteiger charge is 2.35. The maximum Gasteiger partial charge on any atom is 0.294 e. The topological polar surface area (TPSA) is 127 Å². The molecule has 1 N–H and O–H groups in total. The molecule has 0 fully saturated rings. The third-order valence-corrected chi connectivity index (χ3v) is 5.13. The molecule has 3 aromatic rings. The number of rotatable bonds is 4. The average Bonchev–Trinajstić information content (AvgIpc) is 3.27. The molecule has 9 nitrogen and oxygen atoms in total. The van der Waals surface area contributed by atoms with Gasteiger partial charge in [0.2, 0.25) is 0 Å². The molecule has 0 saturated carbocycles. The lowest BCUT2D eigenvalue weighted by Gasteiger charge is -2.10. The monoisotopic (exact) mass is 430 g/mol. The Hall–Kier alpha value is -3.50. The number of ether oxygens (including phenoxy) is 1. The lowest BCUT2D eigenvalue weighted by atomic mass is 10.1. The molecule has 10 heteroatoms. The second kappa shape index (κ2) is 8.47. The number of hydrogen-bond donors (Lipinski definition) is 1. The van der Waals surface area contributed by atoms with Crippen molar-refractivity contribution in [2.75, 3.05) is 7.11 Å². The number of carbonyl (C=O) groups is 2. The van der Waals surface area contributed by atoms with Crippen LogP contribution in [0.1, 0.15) is 32.0 Å². The molecule has 0 saturated heterocycles. The van der Waals surface area contributed by atoms with Gasteiger partial charge < -0.3 is 9.26 Å². The first-order valence-electron chi connectivity index (χ1n) is 8.69. The molecule has 1 aliphatic rings. The average molecular weight is 430 g/mol. The van der Waals surface area contributed by atoms with Gasteiger partial charge in [-0.25, -0.2) is 0 Å². The molecule has 4 rings (SSSR count). The van der Waals surface area contributed by atoms with Crippen LogP contribution in [0.5, 0.6) is 5.88 Å². The molecule has 0 unspecified atom stereocenters. The smallest absolute Gasteiger partial charge is 0.294 e. The second-order valence-corrected chi connectivity index (χ2v) is 7.79. The first-order chi connectivity index (χ1) is 14.2. The van der Waals surface area contributed by atoms with Crippen molar-refractivity contribution in [2.24, 2.45) is 0 Å².